The first-order valence-corrected chi connectivity index (χ1v) is 7.88. The quantitative estimate of drug-likeness (QED) is 0.835. The van der Waals surface area contributed by atoms with Gasteiger partial charge in [-0.1, -0.05) is 18.7 Å². The molecule has 2 fully saturated rings. The molecule has 3 nitrogen and oxygen atoms in total. The first kappa shape index (κ1) is 13.2. The predicted octanol–water partition coefficient (Wildman–Crippen LogP) is 2.33. The van der Waals surface area contributed by atoms with Crippen molar-refractivity contribution in [2.24, 2.45) is 4.99 Å². The van der Waals surface area contributed by atoms with Gasteiger partial charge >= 0.3 is 0 Å². The second kappa shape index (κ2) is 6.10. The molecule has 0 saturated carbocycles. The lowest BCUT2D eigenvalue weighted by Crippen LogP contribution is -2.48. The maximum atomic E-state index is 4.72. The van der Waals surface area contributed by atoms with Crippen LogP contribution in [-0.4, -0.2) is 47.5 Å². The van der Waals surface area contributed by atoms with Crippen molar-refractivity contribution >= 4 is 16.9 Å². The normalized spacial score (nSPS) is 32.9. The molecule has 0 aromatic heterocycles. The number of amidine groups is 1. The van der Waals surface area contributed by atoms with Gasteiger partial charge < -0.3 is 10.2 Å². The molecule has 0 aromatic rings. The molecule has 2 heterocycles. The van der Waals surface area contributed by atoms with Gasteiger partial charge in [-0.25, -0.2) is 0 Å². The van der Waals surface area contributed by atoms with E-state index >= 15 is 0 Å². The minimum absolute atomic E-state index is 0.276. The lowest BCUT2D eigenvalue weighted by Gasteiger charge is -2.35. The zero-order valence-electron chi connectivity index (χ0n) is 11.2. The maximum Gasteiger partial charge on any atom is 0.157 e. The van der Waals surface area contributed by atoms with E-state index in [1.54, 1.807) is 0 Å². The molecule has 0 aliphatic carbocycles. The zero-order valence-corrected chi connectivity index (χ0v) is 12.0. The second-order valence-corrected chi connectivity index (χ2v) is 6.46. The summed E-state index contributed by atoms with van der Waals surface area (Å²) in [4.78, 5) is 7.24. The first-order chi connectivity index (χ1) is 8.22. The SMILES string of the molecule is CCC1(C)CCSC(=NCCN2CCCC2)N1. The average molecular weight is 255 g/mol. The summed E-state index contributed by atoms with van der Waals surface area (Å²) in [6, 6.07) is 0. The summed E-state index contributed by atoms with van der Waals surface area (Å²) in [5.41, 5.74) is 0.276. The lowest BCUT2D eigenvalue weighted by atomic mass is 9.96. The van der Waals surface area contributed by atoms with Gasteiger partial charge in [-0.2, -0.15) is 0 Å². The van der Waals surface area contributed by atoms with Gasteiger partial charge in [0.25, 0.3) is 0 Å². The van der Waals surface area contributed by atoms with E-state index < -0.39 is 0 Å². The highest BCUT2D eigenvalue weighted by molar-refractivity contribution is 8.13. The third-order valence-electron chi connectivity index (χ3n) is 3.95. The standard InChI is InChI=1S/C13H25N3S/c1-3-13(2)6-11-17-12(15-13)14-7-10-16-8-4-5-9-16/h3-11H2,1-2H3,(H,14,15). The third kappa shape index (κ3) is 3.88. The van der Waals surface area contributed by atoms with Crippen molar-refractivity contribution in [3.05, 3.63) is 0 Å². The largest absolute Gasteiger partial charge is 0.360 e. The monoisotopic (exact) mass is 255 g/mol. The number of hydrogen-bond donors (Lipinski definition) is 1. The van der Waals surface area contributed by atoms with Gasteiger partial charge in [0, 0.05) is 17.8 Å². The van der Waals surface area contributed by atoms with Crippen molar-refractivity contribution in [2.45, 2.75) is 45.1 Å². The fourth-order valence-corrected chi connectivity index (χ4v) is 3.63. The van der Waals surface area contributed by atoms with Gasteiger partial charge in [-0.05, 0) is 45.7 Å². The van der Waals surface area contributed by atoms with E-state index in [0.717, 1.165) is 13.1 Å². The van der Waals surface area contributed by atoms with Crippen LogP contribution in [0.15, 0.2) is 4.99 Å². The molecule has 2 rings (SSSR count). The molecule has 2 saturated heterocycles. The van der Waals surface area contributed by atoms with Gasteiger partial charge in [-0.15, -0.1) is 0 Å². The van der Waals surface area contributed by atoms with Crippen molar-refractivity contribution in [1.29, 1.82) is 0 Å². The Balaban J connectivity index is 1.76. The summed E-state index contributed by atoms with van der Waals surface area (Å²) in [6.45, 7) is 9.20. The van der Waals surface area contributed by atoms with Crippen LogP contribution >= 0.6 is 11.8 Å². The van der Waals surface area contributed by atoms with Gasteiger partial charge in [0.2, 0.25) is 0 Å². The van der Waals surface area contributed by atoms with Gasteiger partial charge in [0.1, 0.15) is 0 Å². The van der Waals surface area contributed by atoms with Crippen LogP contribution in [0.5, 0.6) is 0 Å². The van der Waals surface area contributed by atoms with Crippen molar-refractivity contribution in [1.82, 2.24) is 10.2 Å². The number of aliphatic imine (C=N–C) groups is 1. The molecular formula is C13H25N3S. The second-order valence-electron chi connectivity index (χ2n) is 5.37. The molecule has 0 radical (unpaired) electrons. The molecule has 4 heteroatoms. The molecule has 0 amide bonds. The van der Waals surface area contributed by atoms with Crippen LogP contribution in [0.3, 0.4) is 0 Å². The van der Waals surface area contributed by atoms with Gasteiger partial charge in [0.15, 0.2) is 5.17 Å². The van der Waals surface area contributed by atoms with Crippen molar-refractivity contribution in [2.75, 3.05) is 31.9 Å². The van der Waals surface area contributed by atoms with Gasteiger partial charge in [-0.3, -0.25) is 4.99 Å². The Morgan fingerprint density at radius 1 is 1.41 bits per heavy atom. The third-order valence-corrected chi connectivity index (χ3v) is 4.86. The maximum absolute atomic E-state index is 4.72. The van der Waals surface area contributed by atoms with E-state index in [2.05, 4.69) is 24.1 Å². The summed E-state index contributed by atoms with van der Waals surface area (Å²) in [5, 5.41) is 4.77. The van der Waals surface area contributed by atoms with Crippen molar-refractivity contribution < 1.29 is 0 Å². The number of nitrogens with one attached hydrogen (secondary N) is 1. The molecule has 2 aliphatic rings. The summed E-state index contributed by atoms with van der Waals surface area (Å²) < 4.78 is 0. The molecule has 0 spiro atoms. The Morgan fingerprint density at radius 2 is 2.18 bits per heavy atom. The number of rotatable bonds is 4. The number of thioether (sulfide) groups is 1. The Hall–Kier alpha value is -0.220. The molecule has 2 aliphatic heterocycles. The van der Waals surface area contributed by atoms with Crippen molar-refractivity contribution in [3.8, 4) is 0 Å². The predicted molar refractivity (Wildman–Crippen MR) is 76.9 cm³/mol. The Morgan fingerprint density at radius 3 is 2.88 bits per heavy atom. The Labute approximate surface area is 109 Å². The first-order valence-electron chi connectivity index (χ1n) is 6.90. The van der Waals surface area contributed by atoms with Crippen LogP contribution in [-0.2, 0) is 0 Å². The fraction of sp³-hybridized carbons (Fsp3) is 0.923. The van der Waals surface area contributed by atoms with E-state index in [1.165, 1.54) is 49.7 Å². The van der Waals surface area contributed by atoms with Crippen molar-refractivity contribution in [3.63, 3.8) is 0 Å². The van der Waals surface area contributed by atoms with E-state index in [1.807, 2.05) is 11.8 Å². The number of hydrogen-bond acceptors (Lipinski definition) is 3. The van der Waals surface area contributed by atoms with E-state index in [9.17, 15) is 0 Å². The highest BCUT2D eigenvalue weighted by Crippen LogP contribution is 2.24. The summed E-state index contributed by atoms with van der Waals surface area (Å²) >= 11 is 1.88. The van der Waals surface area contributed by atoms with E-state index in [0.29, 0.717) is 0 Å². The molecular weight excluding hydrogens is 230 g/mol. The summed E-state index contributed by atoms with van der Waals surface area (Å²) in [7, 11) is 0. The Bertz CT molecular complexity index is 274. The molecule has 1 unspecified atom stereocenters. The molecule has 0 bridgehead atoms. The van der Waals surface area contributed by atoms with E-state index in [-0.39, 0.29) is 5.54 Å². The summed E-state index contributed by atoms with van der Waals surface area (Å²) in [6.07, 6.45) is 5.17. The van der Waals surface area contributed by atoms with Crippen LogP contribution in [0.2, 0.25) is 0 Å². The fourth-order valence-electron chi connectivity index (χ4n) is 2.38. The van der Waals surface area contributed by atoms with Crippen LogP contribution in [0, 0.1) is 0 Å². The number of likely N-dealkylation sites (tertiary alicyclic amines) is 1. The highest BCUT2D eigenvalue weighted by atomic mass is 32.2. The highest BCUT2D eigenvalue weighted by Gasteiger charge is 2.27. The number of nitrogens with zero attached hydrogens (tertiary/aromatic N) is 2. The van der Waals surface area contributed by atoms with E-state index in [4.69, 9.17) is 4.99 Å². The Kier molecular flexibility index (Phi) is 4.74. The lowest BCUT2D eigenvalue weighted by molar-refractivity contribution is 0.348. The zero-order chi connectivity index (χ0) is 12.1. The molecule has 1 N–H and O–H groups in total. The molecule has 1 atom stereocenters. The molecule has 0 aromatic carbocycles. The summed E-state index contributed by atoms with van der Waals surface area (Å²) in [5.74, 6) is 1.21. The van der Waals surface area contributed by atoms with Crippen LogP contribution in [0.4, 0.5) is 0 Å². The van der Waals surface area contributed by atoms with Crippen LogP contribution in [0.1, 0.15) is 39.5 Å². The molecule has 98 valence electrons. The minimum atomic E-state index is 0.276. The topological polar surface area (TPSA) is 27.6 Å². The smallest absolute Gasteiger partial charge is 0.157 e. The van der Waals surface area contributed by atoms with Gasteiger partial charge in [0.05, 0.1) is 6.54 Å². The van der Waals surface area contributed by atoms with Crippen LogP contribution < -0.4 is 5.32 Å². The molecule has 17 heavy (non-hydrogen) atoms. The minimum Gasteiger partial charge on any atom is -0.360 e. The average Bonchev–Trinajstić information content (AvgIpc) is 2.82. The van der Waals surface area contributed by atoms with Crippen LogP contribution in [0.25, 0.3) is 0 Å².